The fourth-order valence-corrected chi connectivity index (χ4v) is 3.48. The number of carbonyl (C=O) groups excluding carboxylic acids is 1. The maximum absolute atomic E-state index is 12.1. The molecule has 1 amide bonds. The first-order valence-corrected chi connectivity index (χ1v) is 7.31. The molecule has 21 heavy (non-hydrogen) atoms. The molecule has 2 heterocycles. The Morgan fingerprint density at radius 2 is 1.86 bits per heavy atom. The molecule has 0 spiro atoms. The van der Waals surface area contributed by atoms with Crippen LogP contribution in [0, 0.1) is 17.8 Å². The van der Waals surface area contributed by atoms with Gasteiger partial charge in [-0.05, 0) is 29.7 Å². The van der Waals surface area contributed by atoms with E-state index in [9.17, 15) is 9.59 Å². The molecule has 5 nitrogen and oxygen atoms in total. The second-order valence-corrected chi connectivity index (χ2v) is 5.96. The third kappa shape index (κ3) is 3.01. The zero-order valence-electron chi connectivity index (χ0n) is 11.8. The lowest BCUT2D eigenvalue weighted by molar-refractivity contribution is -0.143. The van der Waals surface area contributed by atoms with Gasteiger partial charge in [0.15, 0.2) is 0 Å². The van der Waals surface area contributed by atoms with Gasteiger partial charge in [0.1, 0.15) is 6.61 Å². The van der Waals surface area contributed by atoms with Crippen LogP contribution in [0.4, 0.5) is 4.79 Å². The number of aliphatic carboxylic acids is 1. The number of benzene rings is 1. The molecule has 4 rings (SSSR count). The van der Waals surface area contributed by atoms with Gasteiger partial charge in [-0.1, -0.05) is 30.3 Å². The minimum Gasteiger partial charge on any atom is -0.481 e. The van der Waals surface area contributed by atoms with Crippen LogP contribution in [0.5, 0.6) is 0 Å². The average Bonchev–Trinajstić information content (AvgIpc) is 2.51. The van der Waals surface area contributed by atoms with Crippen LogP contribution in [0.3, 0.4) is 0 Å². The summed E-state index contributed by atoms with van der Waals surface area (Å²) in [5, 5.41) is 8.88. The Hall–Kier alpha value is -2.04. The number of hydrogen-bond donors (Lipinski definition) is 1. The Balaban J connectivity index is 1.49. The standard InChI is InChI=1S/C16H19NO4/c18-15(19)7-14-12-6-13(14)9-17(8-12)16(20)21-10-11-4-2-1-3-5-11/h1-5,12-14H,6-10H2,(H,18,19). The smallest absolute Gasteiger partial charge is 0.410 e. The van der Waals surface area contributed by atoms with Gasteiger partial charge in [-0.25, -0.2) is 4.79 Å². The molecular formula is C16H19NO4. The molecule has 2 saturated heterocycles. The molecule has 3 aliphatic rings. The maximum Gasteiger partial charge on any atom is 0.410 e. The Morgan fingerprint density at radius 3 is 2.48 bits per heavy atom. The van der Waals surface area contributed by atoms with E-state index in [2.05, 4.69) is 0 Å². The highest BCUT2D eigenvalue weighted by atomic mass is 16.6. The molecule has 0 aromatic heterocycles. The predicted octanol–water partition coefficient (Wildman–Crippen LogP) is 2.37. The van der Waals surface area contributed by atoms with Gasteiger partial charge in [0.05, 0.1) is 0 Å². The van der Waals surface area contributed by atoms with Crippen molar-refractivity contribution in [3.05, 3.63) is 35.9 Å². The van der Waals surface area contributed by atoms with E-state index < -0.39 is 5.97 Å². The Kier molecular flexibility index (Phi) is 3.82. The summed E-state index contributed by atoms with van der Waals surface area (Å²) in [5.41, 5.74) is 0.969. The molecule has 1 N–H and O–H groups in total. The van der Waals surface area contributed by atoms with Gasteiger partial charge >= 0.3 is 12.1 Å². The fraction of sp³-hybridized carbons (Fsp3) is 0.500. The van der Waals surface area contributed by atoms with Gasteiger partial charge < -0.3 is 14.7 Å². The summed E-state index contributed by atoms with van der Waals surface area (Å²) in [6.07, 6.45) is 0.977. The van der Waals surface area contributed by atoms with Gasteiger partial charge in [0.25, 0.3) is 0 Å². The van der Waals surface area contributed by atoms with Crippen molar-refractivity contribution >= 4 is 12.1 Å². The number of rotatable bonds is 4. The van der Waals surface area contributed by atoms with Crippen molar-refractivity contribution in [1.29, 1.82) is 0 Å². The van der Waals surface area contributed by atoms with Crippen molar-refractivity contribution in [3.8, 4) is 0 Å². The van der Waals surface area contributed by atoms with Crippen LogP contribution < -0.4 is 0 Å². The number of ether oxygens (including phenoxy) is 1. The van der Waals surface area contributed by atoms with Gasteiger partial charge in [-0.15, -0.1) is 0 Å². The van der Waals surface area contributed by atoms with Crippen molar-refractivity contribution in [2.75, 3.05) is 13.1 Å². The third-order valence-electron chi connectivity index (χ3n) is 4.60. The number of piperidine rings is 2. The van der Waals surface area contributed by atoms with Gasteiger partial charge in [0, 0.05) is 19.5 Å². The molecule has 2 bridgehead atoms. The third-order valence-corrected chi connectivity index (χ3v) is 4.60. The van der Waals surface area contributed by atoms with Crippen molar-refractivity contribution in [2.45, 2.75) is 19.4 Å². The molecule has 112 valence electrons. The summed E-state index contributed by atoms with van der Waals surface area (Å²) in [4.78, 5) is 24.6. The molecule has 2 atom stereocenters. The average molecular weight is 289 g/mol. The Bertz CT molecular complexity index is 518. The van der Waals surface area contributed by atoms with E-state index in [-0.39, 0.29) is 25.0 Å². The van der Waals surface area contributed by atoms with Gasteiger partial charge in [0.2, 0.25) is 0 Å². The minimum absolute atomic E-state index is 0.224. The quantitative estimate of drug-likeness (QED) is 0.924. The van der Waals surface area contributed by atoms with Crippen molar-refractivity contribution in [2.24, 2.45) is 17.8 Å². The van der Waals surface area contributed by atoms with Crippen molar-refractivity contribution in [3.63, 3.8) is 0 Å². The topological polar surface area (TPSA) is 66.8 Å². The van der Waals surface area contributed by atoms with Crippen LogP contribution in [-0.4, -0.2) is 35.2 Å². The molecule has 2 aliphatic heterocycles. The lowest BCUT2D eigenvalue weighted by Gasteiger charge is -2.52. The second kappa shape index (κ2) is 5.76. The lowest BCUT2D eigenvalue weighted by atomic mass is 9.60. The van der Waals surface area contributed by atoms with Crippen LogP contribution in [0.25, 0.3) is 0 Å². The maximum atomic E-state index is 12.1. The number of hydrogen-bond acceptors (Lipinski definition) is 3. The molecule has 1 saturated carbocycles. The van der Waals surface area contributed by atoms with E-state index in [1.165, 1.54) is 0 Å². The number of carbonyl (C=O) groups is 2. The normalized spacial score (nSPS) is 26.9. The molecule has 2 unspecified atom stereocenters. The zero-order valence-corrected chi connectivity index (χ0v) is 11.8. The van der Waals surface area contributed by atoms with Crippen LogP contribution in [0.1, 0.15) is 18.4 Å². The van der Waals surface area contributed by atoms with Crippen molar-refractivity contribution < 1.29 is 19.4 Å². The van der Waals surface area contributed by atoms with E-state index in [1.807, 2.05) is 30.3 Å². The highest BCUT2D eigenvalue weighted by molar-refractivity contribution is 5.69. The fourth-order valence-electron chi connectivity index (χ4n) is 3.48. The monoisotopic (exact) mass is 289 g/mol. The molecular weight excluding hydrogens is 270 g/mol. The summed E-state index contributed by atoms with van der Waals surface area (Å²) in [7, 11) is 0. The number of carboxylic acids is 1. The highest BCUT2D eigenvalue weighted by Gasteiger charge is 2.48. The summed E-state index contributed by atoms with van der Waals surface area (Å²) >= 11 is 0. The Morgan fingerprint density at radius 1 is 1.19 bits per heavy atom. The van der Waals surface area contributed by atoms with Gasteiger partial charge in [-0.2, -0.15) is 0 Å². The minimum atomic E-state index is -0.741. The summed E-state index contributed by atoms with van der Waals surface area (Å²) < 4.78 is 5.32. The summed E-state index contributed by atoms with van der Waals surface area (Å²) in [6, 6.07) is 9.59. The zero-order chi connectivity index (χ0) is 14.8. The SMILES string of the molecule is O=C(O)CC1C2CC1CN(C(=O)OCc1ccccc1)C2. The predicted molar refractivity (Wildman–Crippen MR) is 75.5 cm³/mol. The number of carboxylic acid groups (broad SMARTS) is 1. The lowest BCUT2D eigenvalue weighted by Crippen LogP contribution is -2.57. The van der Waals surface area contributed by atoms with E-state index in [0.717, 1.165) is 12.0 Å². The second-order valence-electron chi connectivity index (χ2n) is 5.96. The van der Waals surface area contributed by atoms with Crippen LogP contribution in [0.2, 0.25) is 0 Å². The molecule has 1 aliphatic carbocycles. The van der Waals surface area contributed by atoms with E-state index in [4.69, 9.17) is 9.84 Å². The molecule has 5 heteroatoms. The first-order chi connectivity index (χ1) is 10.1. The molecule has 1 aromatic carbocycles. The molecule has 1 aromatic rings. The summed E-state index contributed by atoms with van der Waals surface area (Å²) in [6.45, 7) is 1.54. The van der Waals surface area contributed by atoms with Crippen molar-refractivity contribution in [1.82, 2.24) is 4.90 Å². The van der Waals surface area contributed by atoms with Crippen LogP contribution in [-0.2, 0) is 16.1 Å². The first-order valence-electron chi connectivity index (χ1n) is 7.31. The van der Waals surface area contributed by atoms with E-state index in [1.54, 1.807) is 4.90 Å². The number of amides is 1. The highest BCUT2D eigenvalue weighted by Crippen LogP contribution is 2.47. The van der Waals surface area contributed by atoms with Gasteiger partial charge in [-0.3, -0.25) is 4.79 Å². The van der Waals surface area contributed by atoms with E-state index in [0.29, 0.717) is 24.9 Å². The number of nitrogens with zero attached hydrogens (tertiary/aromatic N) is 1. The van der Waals surface area contributed by atoms with Crippen LogP contribution in [0.15, 0.2) is 30.3 Å². The Labute approximate surface area is 123 Å². The van der Waals surface area contributed by atoms with E-state index >= 15 is 0 Å². The largest absolute Gasteiger partial charge is 0.481 e. The summed E-state index contributed by atoms with van der Waals surface area (Å²) in [5.74, 6) is 0.142. The van der Waals surface area contributed by atoms with Crippen LogP contribution >= 0.6 is 0 Å². The molecule has 0 radical (unpaired) electrons. The first kappa shape index (κ1) is 13.9. The number of fused-ring (bicyclic) bond motifs is 2. The molecule has 3 fully saturated rings.